The molecule has 8 nitrogen and oxygen atoms in total. The van der Waals surface area contributed by atoms with Crippen LogP contribution in [0.5, 0.6) is 5.75 Å². The van der Waals surface area contributed by atoms with E-state index in [-0.39, 0.29) is 47.3 Å². The van der Waals surface area contributed by atoms with Crippen molar-refractivity contribution < 1.29 is 19.1 Å². The predicted octanol–water partition coefficient (Wildman–Crippen LogP) is 3.68. The molecule has 2 aliphatic heterocycles. The highest BCUT2D eigenvalue weighted by Crippen LogP contribution is 2.47. The molecule has 2 amide bonds. The number of methoxy groups -OCH3 is 1. The summed E-state index contributed by atoms with van der Waals surface area (Å²) < 4.78 is 11.5. The van der Waals surface area contributed by atoms with Crippen LogP contribution >= 0.6 is 0 Å². The Bertz CT molecular complexity index is 989. The fraction of sp³-hybridized carbons (Fsp3) is 0.667. The summed E-state index contributed by atoms with van der Waals surface area (Å²) >= 11 is 0. The third kappa shape index (κ3) is 5.32. The summed E-state index contributed by atoms with van der Waals surface area (Å²) in [5, 5.41) is 15.1. The lowest BCUT2D eigenvalue weighted by atomic mass is 9.88. The maximum Gasteiger partial charge on any atom is 0.231 e. The molecule has 0 unspecified atom stereocenters. The molecule has 35 heavy (non-hydrogen) atoms. The fourth-order valence-electron chi connectivity index (χ4n) is 5.59. The van der Waals surface area contributed by atoms with Crippen LogP contribution in [0.15, 0.2) is 18.2 Å². The van der Waals surface area contributed by atoms with Gasteiger partial charge in [0.2, 0.25) is 11.8 Å². The summed E-state index contributed by atoms with van der Waals surface area (Å²) in [5.74, 6) is 0.729. The molecule has 0 aromatic heterocycles. The van der Waals surface area contributed by atoms with Crippen molar-refractivity contribution >= 4 is 17.8 Å². The van der Waals surface area contributed by atoms with Crippen LogP contribution in [0.4, 0.5) is 0 Å². The Morgan fingerprint density at radius 1 is 1.37 bits per heavy atom. The molecule has 2 fully saturated rings. The highest BCUT2D eigenvalue weighted by molar-refractivity contribution is 5.99. The quantitative estimate of drug-likeness (QED) is 0.522. The number of carbonyl (C=O) groups is 2. The number of aryl methyl sites for hydroxylation is 1. The second kappa shape index (κ2) is 9.45. The molecule has 192 valence electrons. The van der Waals surface area contributed by atoms with Gasteiger partial charge in [0.05, 0.1) is 12.5 Å². The minimum atomic E-state index is -0.405. The van der Waals surface area contributed by atoms with E-state index in [1.165, 1.54) is 0 Å². The van der Waals surface area contributed by atoms with Crippen LogP contribution in [0, 0.1) is 24.2 Å². The summed E-state index contributed by atoms with van der Waals surface area (Å²) in [6.07, 6.45) is 3.08. The molecule has 3 N–H and O–H groups in total. The first-order valence-electron chi connectivity index (χ1n) is 12.7. The van der Waals surface area contributed by atoms with E-state index in [2.05, 4.69) is 16.7 Å². The lowest BCUT2D eigenvalue weighted by Gasteiger charge is -2.43. The largest absolute Gasteiger partial charge is 0.487 e. The lowest BCUT2D eigenvalue weighted by Crippen LogP contribution is -2.63. The van der Waals surface area contributed by atoms with Gasteiger partial charge in [-0.1, -0.05) is 24.6 Å². The summed E-state index contributed by atoms with van der Waals surface area (Å²) in [5.41, 5.74) is 1.36. The molecule has 1 saturated carbocycles. The van der Waals surface area contributed by atoms with Crippen molar-refractivity contribution in [2.75, 3.05) is 13.7 Å². The zero-order valence-corrected chi connectivity index (χ0v) is 21.9. The first kappa shape index (κ1) is 25.5. The van der Waals surface area contributed by atoms with Crippen molar-refractivity contribution in [3.8, 4) is 5.75 Å². The Balaban J connectivity index is 1.49. The maximum absolute atomic E-state index is 13.4. The minimum absolute atomic E-state index is 0.00654. The van der Waals surface area contributed by atoms with Crippen molar-refractivity contribution in [3.63, 3.8) is 0 Å². The highest BCUT2D eigenvalue weighted by Gasteiger charge is 2.53. The number of guanidine groups is 1. The van der Waals surface area contributed by atoms with Crippen LogP contribution in [0.25, 0.3) is 0 Å². The number of fused-ring (bicyclic) bond motifs is 1. The van der Waals surface area contributed by atoms with Gasteiger partial charge in [-0.05, 0) is 58.9 Å². The Morgan fingerprint density at radius 3 is 2.77 bits per heavy atom. The summed E-state index contributed by atoms with van der Waals surface area (Å²) in [6, 6.07) is 5.74. The molecule has 0 bridgehead atoms. The van der Waals surface area contributed by atoms with Crippen molar-refractivity contribution in [3.05, 3.63) is 29.3 Å². The van der Waals surface area contributed by atoms with Crippen molar-refractivity contribution in [1.29, 1.82) is 5.41 Å². The number of rotatable bonds is 8. The Morgan fingerprint density at radius 2 is 2.11 bits per heavy atom. The van der Waals surface area contributed by atoms with E-state index in [0.29, 0.717) is 32.3 Å². The van der Waals surface area contributed by atoms with Gasteiger partial charge in [-0.25, -0.2) is 0 Å². The van der Waals surface area contributed by atoms with Gasteiger partial charge >= 0.3 is 0 Å². The van der Waals surface area contributed by atoms with Crippen molar-refractivity contribution in [1.82, 2.24) is 15.5 Å². The van der Waals surface area contributed by atoms with E-state index in [0.717, 1.165) is 23.3 Å². The molecule has 1 aromatic carbocycles. The first-order chi connectivity index (χ1) is 16.5. The molecule has 1 aromatic rings. The number of benzene rings is 1. The van der Waals surface area contributed by atoms with Gasteiger partial charge in [-0.3, -0.25) is 19.9 Å². The maximum atomic E-state index is 13.4. The molecule has 8 heteroatoms. The number of nitrogens with zero attached hydrogens (tertiary/aromatic N) is 1. The SMILES string of the molecule is CC[C@]1(C)CC(=O)N([C@H](CCOC)[C@@H]2C[C@H]2C(=O)N[C@H]2CC(C)(C)Oc3ccc(C)cc32)C(=N)N1. The van der Waals surface area contributed by atoms with Gasteiger partial charge in [0, 0.05) is 43.2 Å². The minimum Gasteiger partial charge on any atom is -0.487 e. The fourth-order valence-corrected chi connectivity index (χ4v) is 5.59. The van der Waals surface area contributed by atoms with Crippen LogP contribution in [-0.2, 0) is 14.3 Å². The van der Waals surface area contributed by atoms with E-state index in [9.17, 15) is 9.59 Å². The van der Waals surface area contributed by atoms with Crippen LogP contribution < -0.4 is 15.4 Å². The summed E-state index contributed by atoms with van der Waals surface area (Å²) in [6.45, 7) is 10.6. The lowest BCUT2D eigenvalue weighted by molar-refractivity contribution is -0.133. The second-order valence-electron chi connectivity index (χ2n) is 11.4. The molecule has 2 heterocycles. The normalized spacial score (nSPS) is 30.1. The Hall–Kier alpha value is -2.61. The molecular formula is C27H40N4O4. The van der Waals surface area contributed by atoms with Crippen molar-refractivity contribution in [2.45, 2.75) is 89.9 Å². The van der Waals surface area contributed by atoms with E-state index in [1.54, 1.807) is 12.0 Å². The molecule has 4 rings (SSSR count). The number of hydrogen-bond donors (Lipinski definition) is 3. The zero-order valence-electron chi connectivity index (χ0n) is 21.9. The third-order valence-electron chi connectivity index (χ3n) is 7.81. The van der Waals surface area contributed by atoms with Gasteiger partial charge in [-0.2, -0.15) is 0 Å². The van der Waals surface area contributed by atoms with Crippen LogP contribution in [0.1, 0.15) is 77.0 Å². The molecule has 0 radical (unpaired) electrons. The number of amides is 2. The van der Waals surface area contributed by atoms with Gasteiger partial charge in [0.25, 0.3) is 0 Å². The average molecular weight is 485 g/mol. The van der Waals surface area contributed by atoms with E-state index >= 15 is 0 Å². The van der Waals surface area contributed by atoms with Crippen LogP contribution in [0.3, 0.4) is 0 Å². The van der Waals surface area contributed by atoms with E-state index < -0.39 is 5.54 Å². The Labute approximate surface area is 208 Å². The Kier molecular flexibility index (Phi) is 6.88. The van der Waals surface area contributed by atoms with Gasteiger partial charge in [0.15, 0.2) is 5.96 Å². The zero-order chi connectivity index (χ0) is 25.5. The molecule has 1 aliphatic carbocycles. The van der Waals surface area contributed by atoms with Gasteiger partial charge < -0.3 is 20.1 Å². The molecule has 3 aliphatic rings. The number of carbonyl (C=O) groups excluding carboxylic acids is 2. The van der Waals surface area contributed by atoms with Crippen molar-refractivity contribution in [2.24, 2.45) is 11.8 Å². The third-order valence-corrected chi connectivity index (χ3v) is 7.81. The average Bonchev–Trinajstić information content (AvgIpc) is 3.56. The monoisotopic (exact) mass is 484 g/mol. The first-order valence-corrected chi connectivity index (χ1v) is 12.7. The second-order valence-corrected chi connectivity index (χ2v) is 11.4. The molecular weight excluding hydrogens is 444 g/mol. The topological polar surface area (TPSA) is 104 Å². The van der Waals surface area contributed by atoms with Gasteiger partial charge in [0.1, 0.15) is 11.4 Å². The standard InChI is InChI=1S/C27H40N4O4/c1-7-27(5)15-23(32)31(25(28)30-27)21(10-11-34-6)17-13-18(17)24(33)29-20-14-26(3,4)35-22-9-8-16(2)12-19(20)22/h8-9,12,17-18,20-21H,7,10-11,13-15H2,1-6H3,(H2,28,30)(H,29,33)/t17-,18-,20+,21-,27-/m1/s1. The smallest absolute Gasteiger partial charge is 0.231 e. The predicted molar refractivity (Wildman–Crippen MR) is 134 cm³/mol. The van der Waals surface area contributed by atoms with Gasteiger partial charge in [-0.15, -0.1) is 0 Å². The molecule has 1 saturated heterocycles. The van der Waals surface area contributed by atoms with Crippen LogP contribution in [-0.4, -0.2) is 53.6 Å². The number of hydrogen-bond acceptors (Lipinski definition) is 5. The summed E-state index contributed by atoms with van der Waals surface area (Å²) in [4.78, 5) is 28.1. The van der Waals surface area contributed by atoms with Crippen LogP contribution in [0.2, 0.25) is 0 Å². The van der Waals surface area contributed by atoms with E-state index in [1.807, 2.05) is 46.8 Å². The number of ether oxygens (including phenoxy) is 2. The van der Waals surface area contributed by atoms with E-state index in [4.69, 9.17) is 14.9 Å². The highest BCUT2D eigenvalue weighted by atomic mass is 16.5. The summed E-state index contributed by atoms with van der Waals surface area (Å²) in [7, 11) is 1.64. The molecule has 0 spiro atoms. The number of nitrogens with one attached hydrogen (secondary N) is 3. The molecule has 5 atom stereocenters.